The second-order valence-corrected chi connectivity index (χ2v) is 6.88. The lowest BCUT2D eigenvalue weighted by molar-refractivity contribution is -0.0237. The molecule has 3 fully saturated rings. The molecule has 1 atom stereocenters. The minimum Gasteiger partial charge on any atom is -0.388 e. The second-order valence-electron chi connectivity index (χ2n) is 6.88. The highest BCUT2D eigenvalue weighted by Crippen LogP contribution is 2.31. The Balaban J connectivity index is 0.00000176. The molecule has 22 heavy (non-hydrogen) atoms. The molecule has 0 aromatic heterocycles. The number of likely N-dealkylation sites (tertiary alicyclic amines) is 2. The molecule has 0 bridgehead atoms. The summed E-state index contributed by atoms with van der Waals surface area (Å²) < 4.78 is 0. The summed E-state index contributed by atoms with van der Waals surface area (Å²) in [4.78, 5) is 9.74. The van der Waals surface area contributed by atoms with Gasteiger partial charge in [-0.15, -0.1) is 24.0 Å². The van der Waals surface area contributed by atoms with Gasteiger partial charge in [0.2, 0.25) is 0 Å². The molecule has 2 heterocycles. The average molecular weight is 422 g/mol. The Morgan fingerprint density at radius 1 is 1.23 bits per heavy atom. The van der Waals surface area contributed by atoms with Crippen LogP contribution in [-0.4, -0.2) is 71.8 Å². The lowest BCUT2D eigenvalue weighted by atomic mass is 9.80. The van der Waals surface area contributed by atoms with Gasteiger partial charge in [-0.1, -0.05) is 0 Å². The summed E-state index contributed by atoms with van der Waals surface area (Å²) >= 11 is 0. The highest BCUT2D eigenvalue weighted by atomic mass is 127. The fourth-order valence-electron chi connectivity index (χ4n) is 3.73. The van der Waals surface area contributed by atoms with Crippen molar-refractivity contribution in [2.24, 2.45) is 4.99 Å². The van der Waals surface area contributed by atoms with Crippen LogP contribution in [0.4, 0.5) is 0 Å². The van der Waals surface area contributed by atoms with Gasteiger partial charge in [0.05, 0.1) is 12.1 Å². The average Bonchev–Trinajstić information content (AvgIpc) is 3.11. The fraction of sp³-hybridized carbons (Fsp3) is 0.938. The van der Waals surface area contributed by atoms with E-state index in [2.05, 4.69) is 22.0 Å². The largest absolute Gasteiger partial charge is 0.388 e. The molecule has 3 rings (SSSR count). The fourth-order valence-corrected chi connectivity index (χ4v) is 3.73. The van der Waals surface area contributed by atoms with Crippen molar-refractivity contribution < 1.29 is 5.11 Å². The smallest absolute Gasteiger partial charge is 0.194 e. The van der Waals surface area contributed by atoms with Crippen LogP contribution >= 0.6 is 24.0 Å². The molecule has 1 saturated carbocycles. The van der Waals surface area contributed by atoms with Crippen molar-refractivity contribution in [1.29, 1.82) is 0 Å². The van der Waals surface area contributed by atoms with Gasteiger partial charge in [-0.2, -0.15) is 0 Å². The Labute approximate surface area is 151 Å². The lowest BCUT2D eigenvalue weighted by Crippen LogP contribution is -2.45. The zero-order valence-corrected chi connectivity index (χ0v) is 16.1. The number of nitrogens with zero attached hydrogens (tertiary/aromatic N) is 3. The summed E-state index contributed by atoms with van der Waals surface area (Å²) in [7, 11) is 0. The van der Waals surface area contributed by atoms with E-state index in [4.69, 9.17) is 4.99 Å². The first kappa shape index (κ1) is 18.3. The molecule has 5 nitrogen and oxygen atoms in total. The summed E-state index contributed by atoms with van der Waals surface area (Å²) in [6, 6.07) is 0.697. The van der Waals surface area contributed by atoms with E-state index in [-0.39, 0.29) is 24.0 Å². The number of aliphatic hydroxyl groups is 1. The van der Waals surface area contributed by atoms with Crippen molar-refractivity contribution in [3.05, 3.63) is 0 Å². The predicted octanol–water partition coefficient (Wildman–Crippen LogP) is 1.65. The molecule has 1 unspecified atom stereocenters. The molecule has 0 aromatic rings. The predicted molar refractivity (Wildman–Crippen MR) is 101 cm³/mol. The van der Waals surface area contributed by atoms with Gasteiger partial charge in [0.1, 0.15) is 0 Å². The highest BCUT2D eigenvalue weighted by Gasteiger charge is 2.35. The van der Waals surface area contributed by atoms with Crippen LogP contribution in [0.3, 0.4) is 0 Å². The van der Waals surface area contributed by atoms with Gasteiger partial charge in [-0.25, -0.2) is 0 Å². The second kappa shape index (κ2) is 8.15. The Hall–Kier alpha value is -0.0800. The normalized spacial score (nSPS) is 28.4. The maximum Gasteiger partial charge on any atom is 0.194 e. The van der Waals surface area contributed by atoms with Crippen LogP contribution in [0.25, 0.3) is 0 Å². The lowest BCUT2D eigenvalue weighted by Gasteiger charge is -2.35. The summed E-state index contributed by atoms with van der Waals surface area (Å²) in [5.41, 5.74) is -0.519. The van der Waals surface area contributed by atoms with E-state index in [1.165, 1.54) is 32.4 Å². The molecule has 0 aromatic carbocycles. The van der Waals surface area contributed by atoms with Crippen LogP contribution in [0.2, 0.25) is 0 Å². The Morgan fingerprint density at radius 3 is 2.55 bits per heavy atom. The third-order valence-electron chi connectivity index (χ3n) is 5.26. The summed E-state index contributed by atoms with van der Waals surface area (Å²) in [5.74, 6) is 1.000. The third kappa shape index (κ3) is 4.26. The molecule has 0 spiro atoms. The third-order valence-corrected chi connectivity index (χ3v) is 5.26. The first-order chi connectivity index (χ1) is 10.2. The topological polar surface area (TPSA) is 51.1 Å². The van der Waals surface area contributed by atoms with Gasteiger partial charge in [0.25, 0.3) is 0 Å². The minimum absolute atomic E-state index is 0. The molecule has 2 saturated heterocycles. The Kier molecular flexibility index (Phi) is 6.76. The van der Waals surface area contributed by atoms with E-state index in [0.717, 1.165) is 44.9 Å². The number of nitrogens with one attached hydrogen (secondary N) is 1. The van der Waals surface area contributed by atoms with E-state index < -0.39 is 5.60 Å². The van der Waals surface area contributed by atoms with Gasteiger partial charge in [-0.3, -0.25) is 9.89 Å². The quantitative estimate of drug-likeness (QED) is 0.411. The first-order valence-electron chi connectivity index (χ1n) is 8.70. The van der Waals surface area contributed by atoms with Crippen molar-refractivity contribution in [3.63, 3.8) is 0 Å². The van der Waals surface area contributed by atoms with E-state index in [9.17, 15) is 5.11 Å². The molecule has 2 aliphatic heterocycles. The molecule has 0 amide bonds. The zero-order valence-electron chi connectivity index (χ0n) is 13.8. The number of aliphatic imine (C=N–C) groups is 1. The van der Waals surface area contributed by atoms with Gasteiger partial charge in [0, 0.05) is 25.7 Å². The Morgan fingerprint density at radius 2 is 1.95 bits per heavy atom. The summed E-state index contributed by atoms with van der Waals surface area (Å²) in [6.45, 7) is 8.28. The van der Waals surface area contributed by atoms with Crippen molar-refractivity contribution in [2.75, 3.05) is 39.3 Å². The van der Waals surface area contributed by atoms with E-state index in [1.54, 1.807) is 0 Å². The number of hydrogen-bond donors (Lipinski definition) is 2. The van der Waals surface area contributed by atoms with Crippen LogP contribution < -0.4 is 5.32 Å². The van der Waals surface area contributed by atoms with E-state index in [0.29, 0.717) is 12.6 Å². The summed E-state index contributed by atoms with van der Waals surface area (Å²) in [5, 5.41) is 13.6. The minimum atomic E-state index is -0.519. The number of guanidine groups is 1. The van der Waals surface area contributed by atoms with Crippen LogP contribution in [0, 0.1) is 0 Å². The van der Waals surface area contributed by atoms with Gasteiger partial charge >= 0.3 is 0 Å². The molecule has 0 radical (unpaired) electrons. The number of rotatable bonds is 4. The highest BCUT2D eigenvalue weighted by molar-refractivity contribution is 14.0. The van der Waals surface area contributed by atoms with Crippen molar-refractivity contribution >= 4 is 29.9 Å². The maximum absolute atomic E-state index is 10.2. The maximum atomic E-state index is 10.2. The Bertz CT molecular complexity index is 380. The van der Waals surface area contributed by atoms with Crippen molar-refractivity contribution in [2.45, 2.75) is 57.1 Å². The first-order valence-corrected chi connectivity index (χ1v) is 8.70. The van der Waals surface area contributed by atoms with E-state index >= 15 is 0 Å². The molecule has 1 aliphatic carbocycles. The van der Waals surface area contributed by atoms with Crippen molar-refractivity contribution in [3.8, 4) is 0 Å². The van der Waals surface area contributed by atoms with Gasteiger partial charge in [0.15, 0.2) is 5.96 Å². The summed E-state index contributed by atoms with van der Waals surface area (Å²) in [6.07, 6.45) is 6.92. The molecule has 128 valence electrons. The molecule has 2 N–H and O–H groups in total. The molecule has 6 heteroatoms. The molecule has 3 aliphatic rings. The number of hydrogen-bond acceptors (Lipinski definition) is 3. The zero-order chi connectivity index (χ0) is 14.7. The monoisotopic (exact) mass is 422 g/mol. The van der Waals surface area contributed by atoms with Gasteiger partial charge in [-0.05, 0) is 58.5 Å². The van der Waals surface area contributed by atoms with Crippen LogP contribution in [0.5, 0.6) is 0 Å². The SMILES string of the molecule is CCNC(=NCC1(O)CCC1)N1CCC(N2CCCC2)C1.I. The van der Waals surface area contributed by atoms with Gasteiger partial charge < -0.3 is 15.3 Å². The molecular weight excluding hydrogens is 391 g/mol. The van der Waals surface area contributed by atoms with Crippen LogP contribution in [0.15, 0.2) is 4.99 Å². The molecular formula is C16H31IN4O. The van der Waals surface area contributed by atoms with Crippen molar-refractivity contribution in [1.82, 2.24) is 15.1 Å². The van der Waals surface area contributed by atoms with Crippen LogP contribution in [-0.2, 0) is 0 Å². The number of halogens is 1. The standard InChI is InChI=1S/C16H30N4O.HI/c1-2-17-15(18-13-16(21)7-5-8-16)20-11-6-14(12-20)19-9-3-4-10-19;/h14,21H,2-13H2,1H3,(H,17,18);1H. The van der Waals surface area contributed by atoms with E-state index in [1.807, 2.05) is 0 Å². The van der Waals surface area contributed by atoms with Crippen LogP contribution in [0.1, 0.15) is 45.4 Å².